The Balaban J connectivity index is 1.50. The largest absolute Gasteiger partial charge is 0.366 e. The molecule has 0 fully saturated rings. The highest BCUT2D eigenvalue weighted by molar-refractivity contribution is 5.74. The summed E-state index contributed by atoms with van der Waals surface area (Å²) in [6.45, 7) is 4.46. The summed E-state index contributed by atoms with van der Waals surface area (Å²) in [7, 11) is 0. The second-order valence-electron chi connectivity index (χ2n) is 5.94. The molecule has 0 amide bonds. The van der Waals surface area contributed by atoms with Crippen molar-refractivity contribution in [2.45, 2.75) is 64.7 Å². The lowest BCUT2D eigenvalue weighted by molar-refractivity contribution is 0.563. The van der Waals surface area contributed by atoms with Crippen LogP contribution in [0.15, 0.2) is 24.3 Å². The standard InChI is InChI=1S/C18H30N2/c1-2-3-4-5-6-7-8-9-12-15-20-16-19-17-13-10-11-14-18(17)20/h10-11,13-14,19H,2-9,12,15-16H2,1H3. The number of fused-ring (bicyclic) bond motifs is 1. The molecule has 0 unspecified atom stereocenters. The van der Waals surface area contributed by atoms with Gasteiger partial charge in [0.25, 0.3) is 0 Å². The summed E-state index contributed by atoms with van der Waals surface area (Å²) in [5.41, 5.74) is 2.68. The van der Waals surface area contributed by atoms with E-state index in [-0.39, 0.29) is 0 Å². The topological polar surface area (TPSA) is 15.3 Å². The molecule has 0 saturated carbocycles. The van der Waals surface area contributed by atoms with Gasteiger partial charge in [-0.2, -0.15) is 0 Å². The molecule has 0 radical (unpaired) electrons. The number of benzene rings is 1. The van der Waals surface area contributed by atoms with E-state index in [0.717, 1.165) is 6.67 Å². The highest BCUT2D eigenvalue weighted by atomic mass is 15.3. The fourth-order valence-electron chi connectivity index (χ4n) is 2.98. The molecular formula is C18H30N2. The first-order chi connectivity index (χ1) is 9.92. The minimum atomic E-state index is 0.983. The molecule has 0 bridgehead atoms. The van der Waals surface area contributed by atoms with Gasteiger partial charge in [0.15, 0.2) is 0 Å². The van der Waals surface area contributed by atoms with Gasteiger partial charge in [0, 0.05) is 6.54 Å². The summed E-state index contributed by atoms with van der Waals surface area (Å²) in [6.07, 6.45) is 12.6. The number of para-hydroxylation sites is 2. The number of nitrogens with zero attached hydrogens (tertiary/aromatic N) is 1. The first-order valence-electron chi connectivity index (χ1n) is 8.49. The molecule has 1 aliphatic rings. The van der Waals surface area contributed by atoms with Crippen LogP contribution in [0.1, 0.15) is 64.7 Å². The maximum atomic E-state index is 3.46. The third-order valence-electron chi connectivity index (χ3n) is 4.24. The van der Waals surface area contributed by atoms with Crippen LogP contribution in [0.2, 0.25) is 0 Å². The lowest BCUT2D eigenvalue weighted by Crippen LogP contribution is -2.23. The Morgan fingerprint density at radius 3 is 2.30 bits per heavy atom. The van der Waals surface area contributed by atoms with E-state index in [4.69, 9.17) is 0 Å². The summed E-state index contributed by atoms with van der Waals surface area (Å²) < 4.78 is 0. The van der Waals surface area contributed by atoms with Gasteiger partial charge in [0.05, 0.1) is 18.0 Å². The highest BCUT2D eigenvalue weighted by Gasteiger charge is 2.16. The maximum absolute atomic E-state index is 3.46. The molecule has 2 heteroatoms. The van der Waals surface area contributed by atoms with Crippen molar-refractivity contribution in [2.24, 2.45) is 0 Å². The number of anilines is 2. The molecule has 1 aromatic carbocycles. The van der Waals surface area contributed by atoms with E-state index >= 15 is 0 Å². The quantitative estimate of drug-likeness (QED) is 0.574. The van der Waals surface area contributed by atoms with Gasteiger partial charge in [0.1, 0.15) is 0 Å². The zero-order valence-corrected chi connectivity index (χ0v) is 13.0. The van der Waals surface area contributed by atoms with Gasteiger partial charge in [-0.15, -0.1) is 0 Å². The van der Waals surface area contributed by atoms with E-state index in [0.29, 0.717) is 0 Å². The van der Waals surface area contributed by atoms with Crippen LogP contribution in [0.4, 0.5) is 11.4 Å². The molecule has 0 spiro atoms. The molecule has 0 aliphatic carbocycles. The van der Waals surface area contributed by atoms with E-state index in [2.05, 4.69) is 41.4 Å². The number of hydrogen-bond acceptors (Lipinski definition) is 2. The molecule has 2 rings (SSSR count). The van der Waals surface area contributed by atoms with Crippen molar-refractivity contribution >= 4 is 11.4 Å². The fraction of sp³-hybridized carbons (Fsp3) is 0.667. The molecule has 0 saturated heterocycles. The minimum absolute atomic E-state index is 0.983. The van der Waals surface area contributed by atoms with Crippen LogP contribution >= 0.6 is 0 Å². The lowest BCUT2D eigenvalue weighted by atomic mass is 10.1. The van der Waals surface area contributed by atoms with Crippen LogP contribution in [-0.2, 0) is 0 Å². The van der Waals surface area contributed by atoms with E-state index in [1.807, 2.05) is 0 Å². The van der Waals surface area contributed by atoms with Crippen molar-refractivity contribution in [1.82, 2.24) is 0 Å². The Bertz CT molecular complexity index is 375. The van der Waals surface area contributed by atoms with Crippen molar-refractivity contribution in [3.8, 4) is 0 Å². The minimum Gasteiger partial charge on any atom is -0.366 e. The predicted octanol–water partition coefficient (Wildman–Crippen LogP) is 5.41. The second kappa shape index (κ2) is 8.89. The summed E-state index contributed by atoms with van der Waals surface area (Å²) in [4.78, 5) is 2.47. The van der Waals surface area contributed by atoms with Gasteiger partial charge in [-0.05, 0) is 18.6 Å². The van der Waals surface area contributed by atoms with Crippen LogP contribution in [0.3, 0.4) is 0 Å². The third kappa shape index (κ3) is 4.73. The molecule has 20 heavy (non-hydrogen) atoms. The molecular weight excluding hydrogens is 244 g/mol. The van der Waals surface area contributed by atoms with Crippen LogP contribution in [-0.4, -0.2) is 13.2 Å². The van der Waals surface area contributed by atoms with Crippen LogP contribution in [0.25, 0.3) is 0 Å². The number of rotatable bonds is 10. The van der Waals surface area contributed by atoms with Gasteiger partial charge in [-0.3, -0.25) is 0 Å². The summed E-state index contributed by atoms with van der Waals surface area (Å²) in [6, 6.07) is 8.64. The third-order valence-corrected chi connectivity index (χ3v) is 4.24. The van der Waals surface area contributed by atoms with Gasteiger partial charge >= 0.3 is 0 Å². The molecule has 0 atom stereocenters. The normalized spacial score (nSPS) is 13.3. The maximum Gasteiger partial charge on any atom is 0.0877 e. The van der Waals surface area contributed by atoms with Crippen molar-refractivity contribution in [3.63, 3.8) is 0 Å². The van der Waals surface area contributed by atoms with E-state index in [1.54, 1.807) is 0 Å². The van der Waals surface area contributed by atoms with Crippen LogP contribution in [0, 0.1) is 0 Å². The van der Waals surface area contributed by atoms with Gasteiger partial charge in [-0.25, -0.2) is 0 Å². The first-order valence-corrected chi connectivity index (χ1v) is 8.49. The van der Waals surface area contributed by atoms with E-state index < -0.39 is 0 Å². The van der Waals surface area contributed by atoms with Crippen LogP contribution in [0.5, 0.6) is 0 Å². The van der Waals surface area contributed by atoms with Crippen molar-refractivity contribution in [1.29, 1.82) is 0 Å². The zero-order valence-electron chi connectivity index (χ0n) is 13.0. The lowest BCUT2D eigenvalue weighted by Gasteiger charge is -2.17. The molecule has 0 aromatic heterocycles. The Morgan fingerprint density at radius 1 is 0.900 bits per heavy atom. The first kappa shape index (κ1) is 15.2. The van der Waals surface area contributed by atoms with Crippen LogP contribution < -0.4 is 10.2 Å². The summed E-state index contributed by atoms with van der Waals surface area (Å²) in [5, 5.41) is 3.46. The molecule has 1 aromatic rings. The Morgan fingerprint density at radius 2 is 1.55 bits per heavy atom. The molecule has 112 valence electrons. The van der Waals surface area contributed by atoms with E-state index in [1.165, 1.54) is 75.7 Å². The molecule has 1 heterocycles. The SMILES string of the molecule is CCCCCCCCCCCN1CNc2ccccc21. The summed E-state index contributed by atoms with van der Waals surface area (Å²) in [5.74, 6) is 0. The Kier molecular flexibility index (Phi) is 6.76. The van der Waals surface area contributed by atoms with E-state index in [9.17, 15) is 0 Å². The molecule has 2 nitrogen and oxygen atoms in total. The average Bonchev–Trinajstić information content (AvgIpc) is 2.89. The summed E-state index contributed by atoms with van der Waals surface area (Å²) >= 11 is 0. The number of nitrogens with one attached hydrogen (secondary N) is 1. The average molecular weight is 274 g/mol. The molecule has 1 aliphatic heterocycles. The van der Waals surface area contributed by atoms with Gasteiger partial charge < -0.3 is 10.2 Å². The van der Waals surface area contributed by atoms with Gasteiger partial charge in [0.2, 0.25) is 0 Å². The van der Waals surface area contributed by atoms with Crippen molar-refractivity contribution in [3.05, 3.63) is 24.3 Å². The smallest absolute Gasteiger partial charge is 0.0877 e. The highest BCUT2D eigenvalue weighted by Crippen LogP contribution is 2.30. The Hall–Kier alpha value is -1.18. The second-order valence-corrected chi connectivity index (χ2v) is 5.94. The fourth-order valence-corrected chi connectivity index (χ4v) is 2.98. The molecule has 1 N–H and O–H groups in total. The van der Waals surface area contributed by atoms with Crippen molar-refractivity contribution < 1.29 is 0 Å². The Labute approximate surface area is 124 Å². The van der Waals surface area contributed by atoms with Gasteiger partial charge in [-0.1, -0.05) is 70.4 Å². The zero-order chi connectivity index (χ0) is 14.0. The number of unbranched alkanes of at least 4 members (excludes halogenated alkanes) is 8. The van der Waals surface area contributed by atoms with Crippen molar-refractivity contribution in [2.75, 3.05) is 23.4 Å². The predicted molar refractivity (Wildman–Crippen MR) is 89.5 cm³/mol. The number of hydrogen-bond donors (Lipinski definition) is 1. The monoisotopic (exact) mass is 274 g/mol.